The van der Waals surface area contributed by atoms with Gasteiger partial charge in [-0.2, -0.15) is 13.2 Å². The van der Waals surface area contributed by atoms with E-state index in [1.807, 2.05) is 4.90 Å². The average molecular weight is 264 g/mol. The Morgan fingerprint density at radius 3 is 2.84 bits per heavy atom. The Morgan fingerprint density at radius 2 is 2.05 bits per heavy atom. The van der Waals surface area contributed by atoms with Crippen molar-refractivity contribution in [3.05, 3.63) is 41.5 Å². The van der Waals surface area contributed by atoms with Crippen LogP contribution in [-0.4, -0.2) is 16.8 Å². The summed E-state index contributed by atoms with van der Waals surface area (Å²) < 4.78 is 39.1. The number of benzene rings is 1. The van der Waals surface area contributed by atoms with E-state index in [0.717, 1.165) is 18.3 Å². The fourth-order valence-electron chi connectivity index (χ4n) is 3.24. The van der Waals surface area contributed by atoms with Crippen LogP contribution in [0.5, 0.6) is 0 Å². The summed E-state index contributed by atoms with van der Waals surface area (Å²) in [5.41, 5.74) is 0.223. The molecule has 0 N–H and O–H groups in total. The van der Waals surface area contributed by atoms with E-state index in [-0.39, 0.29) is 12.0 Å². The molecule has 0 radical (unpaired) electrons. The van der Waals surface area contributed by atoms with E-state index in [2.05, 4.69) is 17.1 Å². The van der Waals surface area contributed by atoms with Crippen LogP contribution in [0.1, 0.15) is 17.5 Å². The number of fused-ring (bicyclic) bond motifs is 6. The van der Waals surface area contributed by atoms with Crippen molar-refractivity contribution in [3.8, 4) is 0 Å². The lowest BCUT2D eigenvalue weighted by Gasteiger charge is -2.32. The van der Waals surface area contributed by atoms with Crippen LogP contribution < -0.4 is 0 Å². The van der Waals surface area contributed by atoms with Crippen LogP contribution in [0.15, 0.2) is 35.3 Å². The van der Waals surface area contributed by atoms with Crippen molar-refractivity contribution in [1.82, 2.24) is 4.90 Å². The normalized spacial score (nSPS) is 27.3. The maximum absolute atomic E-state index is 13.0. The van der Waals surface area contributed by atoms with Crippen LogP contribution in [0.25, 0.3) is 0 Å². The number of nitrogens with zero attached hydrogens (tertiary/aromatic N) is 2. The summed E-state index contributed by atoms with van der Waals surface area (Å²) in [4.78, 5) is 6.46. The zero-order chi connectivity index (χ0) is 13.2. The van der Waals surface area contributed by atoms with Gasteiger partial charge in [-0.3, -0.25) is 0 Å². The molecular weight excluding hydrogens is 253 g/mol. The molecule has 2 unspecified atom stereocenters. The molecule has 1 aliphatic carbocycles. The molecule has 0 spiro atoms. The second-order valence-electron chi connectivity index (χ2n) is 5.19. The highest BCUT2D eigenvalue weighted by molar-refractivity contribution is 5.94. The maximum Gasteiger partial charge on any atom is 0.416 e. The molecule has 1 saturated heterocycles. The number of amidine groups is 1. The van der Waals surface area contributed by atoms with Gasteiger partial charge in [-0.05, 0) is 18.6 Å². The Morgan fingerprint density at radius 1 is 1.21 bits per heavy atom. The minimum absolute atomic E-state index is 0.221. The van der Waals surface area contributed by atoms with E-state index >= 15 is 0 Å². The number of alkyl halides is 3. The van der Waals surface area contributed by atoms with Crippen molar-refractivity contribution in [2.24, 2.45) is 10.9 Å². The van der Waals surface area contributed by atoms with Crippen LogP contribution in [0, 0.1) is 5.92 Å². The van der Waals surface area contributed by atoms with Crippen molar-refractivity contribution in [1.29, 1.82) is 0 Å². The molecule has 2 bridgehead atoms. The number of hydrogen-bond acceptors (Lipinski definition) is 2. The quantitative estimate of drug-likeness (QED) is 0.655. The predicted molar refractivity (Wildman–Crippen MR) is 65.1 cm³/mol. The molecule has 0 saturated carbocycles. The Hall–Kier alpha value is -1.78. The lowest BCUT2D eigenvalue weighted by Crippen LogP contribution is -2.36. The monoisotopic (exact) mass is 264 g/mol. The number of rotatable bonds is 0. The molecule has 3 aliphatic rings. The third kappa shape index (κ3) is 1.47. The van der Waals surface area contributed by atoms with Crippen LogP contribution in [0.3, 0.4) is 0 Å². The van der Waals surface area contributed by atoms with Gasteiger partial charge in [-0.15, -0.1) is 0 Å². The van der Waals surface area contributed by atoms with E-state index in [1.165, 1.54) is 6.07 Å². The summed E-state index contributed by atoms with van der Waals surface area (Å²) in [5.74, 6) is 1.21. The molecule has 2 aliphatic heterocycles. The molecule has 1 aromatic carbocycles. The summed E-state index contributed by atoms with van der Waals surface area (Å²) in [7, 11) is 0. The van der Waals surface area contributed by atoms with Crippen LogP contribution in [-0.2, 0) is 12.7 Å². The van der Waals surface area contributed by atoms with Gasteiger partial charge in [-0.25, -0.2) is 4.99 Å². The van der Waals surface area contributed by atoms with Crippen molar-refractivity contribution >= 4 is 11.5 Å². The second-order valence-corrected chi connectivity index (χ2v) is 5.19. The SMILES string of the molecule is FC(F)(F)c1cccc2c1CN1C(=N2)C2C=CC1C2. The molecule has 1 aromatic rings. The topological polar surface area (TPSA) is 15.6 Å². The lowest BCUT2D eigenvalue weighted by molar-refractivity contribution is -0.138. The Bertz CT molecular complexity index is 616. The summed E-state index contributed by atoms with van der Waals surface area (Å²) in [6.45, 7) is 0.315. The third-order valence-corrected chi connectivity index (χ3v) is 4.11. The summed E-state index contributed by atoms with van der Waals surface area (Å²) in [6, 6.07) is 4.47. The van der Waals surface area contributed by atoms with Crippen molar-refractivity contribution in [3.63, 3.8) is 0 Å². The van der Waals surface area contributed by atoms with E-state index in [9.17, 15) is 13.2 Å². The van der Waals surface area contributed by atoms with Crippen LogP contribution in [0.2, 0.25) is 0 Å². The van der Waals surface area contributed by atoms with Gasteiger partial charge in [0.05, 0.1) is 11.3 Å². The van der Waals surface area contributed by atoms with Gasteiger partial charge in [0.25, 0.3) is 0 Å². The fourth-order valence-corrected chi connectivity index (χ4v) is 3.24. The minimum atomic E-state index is -4.31. The van der Waals surface area contributed by atoms with Gasteiger partial charge in [0.1, 0.15) is 5.84 Å². The van der Waals surface area contributed by atoms with Gasteiger partial charge in [0.15, 0.2) is 0 Å². The molecule has 2 nitrogen and oxygen atoms in total. The van der Waals surface area contributed by atoms with Crippen molar-refractivity contribution in [2.45, 2.75) is 25.2 Å². The van der Waals surface area contributed by atoms with E-state index in [0.29, 0.717) is 17.8 Å². The molecule has 2 heterocycles. The highest BCUT2D eigenvalue weighted by atomic mass is 19.4. The van der Waals surface area contributed by atoms with Gasteiger partial charge in [-0.1, -0.05) is 18.2 Å². The van der Waals surface area contributed by atoms with E-state index in [4.69, 9.17) is 0 Å². The second kappa shape index (κ2) is 3.40. The first kappa shape index (κ1) is 11.1. The van der Waals surface area contributed by atoms with Gasteiger partial charge < -0.3 is 4.90 Å². The average Bonchev–Trinajstić information content (AvgIpc) is 2.96. The Balaban J connectivity index is 1.86. The Kier molecular flexibility index (Phi) is 1.99. The zero-order valence-corrected chi connectivity index (χ0v) is 9.98. The molecule has 5 heteroatoms. The van der Waals surface area contributed by atoms with E-state index < -0.39 is 11.7 Å². The highest BCUT2D eigenvalue weighted by Gasteiger charge is 2.43. The third-order valence-electron chi connectivity index (χ3n) is 4.11. The largest absolute Gasteiger partial charge is 0.416 e. The van der Waals surface area contributed by atoms with Gasteiger partial charge in [0.2, 0.25) is 0 Å². The molecule has 98 valence electrons. The van der Waals surface area contributed by atoms with E-state index in [1.54, 1.807) is 6.07 Å². The number of hydrogen-bond donors (Lipinski definition) is 0. The first-order valence-corrected chi connectivity index (χ1v) is 6.26. The van der Waals surface area contributed by atoms with Crippen LogP contribution >= 0.6 is 0 Å². The zero-order valence-electron chi connectivity index (χ0n) is 9.98. The number of halogens is 3. The minimum Gasteiger partial charge on any atom is -0.349 e. The predicted octanol–water partition coefficient (Wildman–Crippen LogP) is 3.51. The first-order valence-electron chi connectivity index (χ1n) is 6.26. The summed E-state index contributed by atoms with van der Waals surface area (Å²) in [6.07, 6.45) is 0.824. The molecule has 4 rings (SSSR count). The standard InChI is InChI=1S/C14H11F3N2/c15-14(16,17)11-2-1-3-12-10(11)7-19-9-5-4-8(6-9)13(19)18-12/h1-5,8-9H,6-7H2. The first-order chi connectivity index (χ1) is 9.04. The van der Waals surface area contributed by atoms with Crippen molar-refractivity contribution in [2.75, 3.05) is 0 Å². The fraction of sp³-hybridized carbons (Fsp3) is 0.357. The number of aliphatic imine (C=N–C) groups is 1. The summed E-state index contributed by atoms with van der Waals surface area (Å²) in [5, 5.41) is 0. The van der Waals surface area contributed by atoms with Gasteiger partial charge >= 0.3 is 6.18 Å². The molecule has 0 aromatic heterocycles. The molecule has 2 atom stereocenters. The van der Waals surface area contributed by atoms with Crippen molar-refractivity contribution < 1.29 is 13.2 Å². The maximum atomic E-state index is 13.0. The summed E-state index contributed by atoms with van der Waals surface area (Å²) >= 11 is 0. The smallest absolute Gasteiger partial charge is 0.349 e. The van der Waals surface area contributed by atoms with Crippen LogP contribution in [0.4, 0.5) is 18.9 Å². The lowest BCUT2D eigenvalue weighted by atomic mass is 10.0. The highest BCUT2D eigenvalue weighted by Crippen LogP contribution is 2.44. The molecular formula is C14H11F3N2. The molecule has 0 amide bonds. The molecule has 1 fully saturated rings. The molecule has 19 heavy (non-hydrogen) atoms. The van der Waals surface area contributed by atoms with Gasteiger partial charge in [0, 0.05) is 24.1 Å². The Labute approximate surface area is 108 Å².